The molecule has 8 heteroatoms. The summed E-state index contributed by atoms with van der Waals surface area (Å²) in [5.74, 6) is 0.145. The Bertz CT molecular complexity index is 507. The van der Waals surface area contributed by atoms with E-state index in [1.165, 1.54) is 18.2 Å². The van der Waals surface area contributed by atoms with Crippen LogP contribution in [0.5, 0.6) is 11.5 Å². The maximum absolute atomic E-state index is 12.5. The van der Waals surface area contributed by atoms with Crippen molar-refractivity contribution < 1.29 is 27.4 Å². The number of carbonyl (C=O) groups is 1. The Morgan fingerprint density at radius 2 is 2.00 bits per heavy atom. The normalized spacial score (nSPS) is 13.4. The number of alkyl halides is 4. The minimum atomic E-state index is -4.44. The summed E-state index contributed by atoms with van der Waals surface area (Å²) in [6.45, 7) is -1.28. The lowest BCUT2D eigenvalue weighted by Crippen LogP contribution is -2.40. The van der Waals surface area contributed by atoms with Crippen LogP contribution in [0.3, 0.4) is 0 Å². The fourth-order valence-corrected chi connectivity index (χ4v) is 2.21. The number of rotatable bonds is 4. The van der Waals surface area contributed by atoms with Crippen molar-refractivity contribution >= 4 is 21.8 Å². The maximum Gasteiger partial charge on any atom is 0.406 e. The number of fused-ring (bicyclic) bond motifs is 1. The lowest BCUT2D eigenvalue weighted by atomic mass is 10.1. The maximum atomic E-state index is 12.5. The first-order valence-electron chi connectivity index (χ1n) is 5.72. The van der Waals surface area contributed by atoms with Crippen LogP contribution in [0.25, 0.3) is 0 Å². The summed E-state index contributed by atoms with van der Waals surface area (Å²) in [5, 5.41) is 0.263. The fourth-order valence-electron chi connectivity index (χ4n) is 1.78. The predicted molar refractivity (Wildman–Crippen MR) is 68.3 cm³/mol. The quantitative estimate of drug-likeness (QED) is 0.781. The zero-order chi connectivity index (χ0) is 14.8. The van der Waals surface area contributed by atoms with E-state index in [9.17, 15) is 18.0 Å². The molecule has 1 aliphatic rings. The van der Waals surface area contributed by atoms with Gasteiger partial charge in [0.15, 0.2) is 11.5 Å². The van der Waals surface area contributed by atoms with Crippen molar-refractivity contribution in [2.45, 2.75) is 6.18 Å². The van der Waals surface area contributed by atoms with E-state index in [1.54, 1.807) is 0 Å². The molecule has 0 fully saturated rings. The van der Waals surface area contributed by atoms with Gasteiger partial charge in [0.25, 0.3) is 5.91 Å². The van der Waals surface area contributed by atoms with Gasteiger partial charge in [-0.2, -0.15) is 13.2 Å². The average Bonchev–Trinajstić information content (AvgIpc) is 2.83. The summed E-state index contributed by atoms with van der Waals surface area (Å²) in [6.07, 6.45) is -4.44. The molecule has 0 saturated carbocycles. The first kappa shape index (κ1) is 15.0. The zero-order valence-electron chi connectivity index (χ0n) is 10.2. The number of hydrogen-bond donors (Lipinski definition) is 0. The van der Waals surface area contributed by atoms with Crippen LogP contribution >= 0.6 is 15.9 Å². The molecule has 1 heterocycles. The summed E-state index contributed by atoms with van der Waals surface area (Å²) < 4.78 is 47.6. The molecule has 0 atom stereocenters. The van der Waals surface area contributed by atoms with Crippen molar-refractivity contribution in [2.24, 2.45) is 0 Å². The van der Waals surface area contributed by atoms with E-state index in [4.69, 9.17) is 9.47 Å². The third-order valence-corrected chi connectivity index (χ3v) is 2.99. The monoisotopic (exact) mass is 353 g/mol. The van der Waals surface area contributed by atoms with Gasteiger partial charge >= 0.3 is 6.18 Å². The average molecular weight is 354 g/mol. The second-order valence-corrected chi connectivity index (χ2v) is 4.89. The molecule has 0 saturated heterocycles. The van der Waals surface area contributed by atoms with Gasteiger partial charge in [-0.05, 0) is 18.2 Å². The molecule has 1 aromatic rings. The van der Waals surface area contributed by atoms with Crippen LogP contribution in [-0.2, 0) is 0 Å². The molecule has 0 aromatic heterocycles. The van der Waals surface area contributed by atoms with Crippen LogP contribution in [0.4, 0.5) is 13.2 Å². The number of amides is 1. The van der Waals surface area contributed by atoms with Crippen molar-refractivity contribution in [3.05, 3.63) is 23.8 Å². The number of hydrogen-bond acceptors (Lipinski definition) is 3. The SMILES string of the molecule is O=C(c1ccc2c(c1)OCO2)N(CCBr)CC(F)(F)F. The van der Waals surface area contributed by atoms with Crippen molar-refractivity contribution in [3.63, 3.8) is 0 Å². The molecular formula is C12H11BrF3NO3. The Hall–Kier alpha value is -1.44. The largest absolute Gasteiger partial charge is 0.454 e. The van der Waals surface area contributed by atoms with Gasteiger partial charge in [-0.25, -0.2) is 0 Å². The van der Waals surface area contributed by atoms with Crippen LogP contribution in [-0.4, -0.2) is 42.2 Å². The Kier molecular flexibility index (Phi) is 4.42. The Morgan fingerprint density at radius 3 is 2.65 bits per heavy atom. The molecular weight excluding hydrogens is 343 g/mol. The third-order valence-electron chi connectivity index (χ3n) is 2.63. The lowest BCUT2D eigenvalue weighted by Gasteiger charge is -2.23. The van der Waals surface area contributed by atoms with Crippen molar-refractivity contribution in [2.75, 3.05) is 25.2 Å². The standard InChI is InChI=1S/C12H11BrF3NO3/c13-3-4-17(6-12(14,15)16)11(18)8-1-2-9-10(5-8)20-7-19-9/h1-2,5H,3-4,6-7H2. The molecule has 0 unspecified atom stereocenters. The van der Waals surface area contributed by atoms with Gasteiger partial charge in [-0.1, -0.05) is 15.9 Å². The molecule has 20 heavy (non-hydrogen) atoms. The third kappa shape index (κ3) is 3.56. The zero-order valence-corrected chi connectivity index (χ0v) is 11.8. The highest BCUT2D eigenvalue weighted by atomic mass is 79.9. The van der Waals surface area contributed by atoms with Crippen LogP contribution < -0.4 is 9.47 Å². The minimum Gasteiger partial charge on any atom is -0.454 e. The summed E-state index contributed by atoms with van der Waals surface area (Å²) >= 11 is 3.04. The molecule has 0 N–H and O–H groups in total. The topological polar surface area (TPSA) is 38.8 Å². The summed E-state index contributed by atoms with van der Waals surface area (Å²) in [5.41, 5.74) is 0.138. The van der Waals surface area contributed by atoms with Gasteiger partial charge < -0.3 is 14.4 Å². The highest BCUT2D eigenvalue weighted by Gasteiger charge is 2.33. The Morgan fingerprint density at radius 1 is 1.30 bits per heavy atom. The molecule has 110 valence electrons. The molecule has 2 rings (SSSR count). The molecule has 0 bridgehead atoms. The van der Waals surface area contributed by atoms with Crippen molar-refractivity contribution in [1.82, 2.24) is 4.90 Å². The molecule has 0 radical (unpaired) electrons. The Balaban J connectivity index is 2.18. The molecule has 1 aromatic carbocycles. The van der Waals surface area contributed by atoms with E-state index in [-0.39, 0.29) is 24.2 Å². The van der Waals surface area contributed by atoms with E-state index in [0.717, 1.165) is 4.90 Å². The van der Waals surface area contributed by atoms with Crippen LogP contribution in [0.2, 0.25) is 0 Å². The van der Waals surface area contributed by atoms with Crippen LogP contribution in [0, 0.1) is 0 Å². The van der Waals surface area contributed by atoms with Gasteiger partial charge in [0.1, 0.15) is 6.54 Å². The number of carbonyl (C=O) groups excluding carboxylic acids is 1. The van der Waals surface area contributed by atoms with Gasteiger partial charge in [-0.15, -0.1) is 0 Å². The summed E-state index contributed by atoms with van der Waals surface area (Å²) in [7, 11) is 0. The number of benzene rings is 1. The fraction of sp³-hybridized carbons (Fsp3) is 0.417. The first-order valence-corrected chi connectivity index (χ1v) is 6.84. The highest BCUT2D eigenvalue weighted by molar-refractivity contribution is 9.09. The van der Waals surface area contributed by atoms with E-state index < -0.39 is 18.6 Å². The molecule has 0 aliphatic carbocycles. The van der Waals surface area contributed by atoms with Crippen LogP contribution in [0.15, 0.2) is 18.2 Å². The van der Waals surface area contributed by atoms with Gasteiger partial charge in [0.2, 0.25) is 6.79 Å². The van der Waals surface area contributed by atoms with E-state index in [1.807, 2.05) is 0 Å². The van der Waals surface area contributed by atoms with E-state index in [2.05, 4.69) is 15.9 Å². The second kappa shape index (κ2) is 5.90. The number of nitrogens with zero attached hydrogens (tertiary/aromatic N) is 1. The molecule has 1 amide bonds. The Labute approximate surface area is 121 Å². The molecule has 0 spiro atoms. The van der Waals surface area contributed by atoms with E-state index in [0.29, 0.717) is 11.5 Å². The lowest BCUT2D eigenvalue weighted by molar-refractivity contribution is -0.140. The number of ether oxygens (including phenoxy) is 2. The van der Waals surface area contributed by atoms with Crippen molar-refractivity contribution in [3.8, 4) is 11.5 Å². The minimum absolute atomic E-state index is 0.0349. The van der Waals surface area contributed by atoms with Gasteiger partial charge in [-0.3, -0.25) is 4.79 Å². The molecule has 4 nitrogen and oxygen atoms in total. The second-order valence-electron chi connectivity index (χ2n) is 4.10. The number of halogens is 4. The summed E-state index contributed by atoms with van der Waals surface area (Å²) in [4.78, 5) is 12.9. The van der Waals surface area contributed by atoms with Gasteiger partial charge in [0.05, 0.1) is 0 Å². The predicted octanol–water partition coefficient (Wildman–Crippen LogP) is 2.81. The van der Waals surface area contributed by atoms with Crippen molar-refractivity contribution in [1.29, 1.82) is 0 Å². The smallest absolute Gasteiger partial charge is 0.406 e. The highest BCUT2D eigenvalue weighted by Crippen LogP contribution is 2.33. The van der Waals surface area contributed by atoms with Gasteiger partial charge in [0, 0.05) is 17.4 Å². The molecule has 1 aliphatic heterocycles. The summed E-state index contributed by atoms with van der Waals surface area (Å²) in [6, 6.07) is 4.32. The van der Waals surface area contributed by atoms with E-state index >= 15 is 0 Å². The van der Waals surface area contributed by atoms with Crippen LogP contribution in [0.1, 0.15) is 10.4 Å². The first-order chi connectivity index (χ1) is 9.40.